The van der Waals surface area contributed by atoms with E-state index < -0.39 is 5.41 Å². The second kappa shape index (κ2) is 11.4. The molecule has 3 aliphatic carbocycles. The number of benzene rings is 8. The average molecular weight is 692 g/mol. The van der Waals surface area contributed by atoms with E-state index in [0.29, 0.717) is 0 Å². The van der Waals surface area contributed by atoms with E-state index in [1.165, 1.54) is 61.3 Å². The minimum absolute atomic E-state index is 0.382. The molecule has 0 fully saturated rings. The Hall–Kier alpha value is -6.64. The number of nitrogens with zero attached hydrogens (tertiary/aromatic N) is 1. The molecule has 0 aliphatic heterocycles. The van der Waals surface area contributed by atoms with Gasteiger partial charge in [0.2, 0.25) is 0 Å². The molecule has 8 aromatic carbocycles. The topological polar surface area (TPSA) is 16.4 Å². The highest BCUT2D eigenvalue weighted by Gasteiger charge is 2.56. The van der Waals surface area contributed by atoms with Crippen LogP contribution in [0.4, 0.5) is 17.1 Å². The lowest BCUT2D eigenvalue weighted by Gasteiger charge is -2.56. The average Bonchev–Trinajstić information content (AvgIpc) is 3.61. The lowest BCUT2D eigenvalue weighted by Crippen LogP contribution is -2.49. The van der Waals surface area contributed by atoms with Crippen molar-refractivity contribution in [3.8, 4) is 22.3 Å². The van der Waals surface area contributed by atoms with Gasteiger partial charge in [-0.1, -0.05) is 146 Å². The van der Waals surface area contributed by atoms with E-state index in [9.17, 15) is 0 Å². The molecule has 2 bridgehead atoms. The molecule has 2 nitrogen and oxygen atoms in total. The molecule has 12 rings (SSSR count). The molecule has 0 atom stereocenters. The van der Waals surface area contributed by atoms with E-state index in [-0.39, 0.29) is 5.41 Å². The molecule has 0 N–H and O–H groups in total. The van der Waals surface area contributed by atoms with Crippen molar-refractivity contribution in [2.75, 3.05) is 4.90 Å². The van der Waals surface area contributed by atoms with Crippen molar-refractivity contribution in [2.45, 2.75) is 24.7 Å². The summed E-state index contributed by atoms with van der Waals surface area (Å²) in [6.07, 6.45) is 0. The predicted molar refractivity (Wildman–Crippen MR) is 223 cm³/mol. The first-order valence-electron chi connectivity index (χ1n) is 18.9. The quantitative estimate of drug-likeness (QED) is 0.179. The molecule has 3 aliphatic rings. The van der Waals surface area contributed by atoms with E-state index in [2.05, 4.69) is 201 Å². The second-order valence-electron chi connectivity index (χ2n) is 15.1. The molecule has 0 spiro atoms. The fourth-order valence-electron chi connectivity index (χ4n) is 9.92. The fourth-order valence-corrected chi connectivity index (χ4v) is 9.92. The predicted octanol–water partition coefficient (Wildman–Crippen LogP) is 13.7. The molecule has 1 heterocycles. The number of anilines is 3. The molecule has 2 heteroatoms. The zero-order chi connectivity index (χ0) is 36.0. The summed E-state index contributed by atoms with van der Waals surface area (Å²) in [6.45, 7) is 4.91. The monoisotopic (exact) mass is 691 g/mol. The highest BCUT2D eigenvalue weighted by atomic mass is 16.3. The summed E-state index contributed by atoms with van der Waals surface area (Å²) in [6, 6.07) is 68.7. The van der Waals surface area contributed by atoms with Crippen molar-refractivity contribution >= 4 is 39.0 Å². The normalized spacial score (nSPS) is 18.0. The van der Waals surface area contributed by atoms with Crippen molar-refractivity contribution in [1.82, 2.24) is 0 Å². The first-order chi connectivity index (χ1) is 26.5. The van der Waals surface area contributed by atoms with Gasteiger partial charge in [0.05, 0.1) is 5.69 Å². The van der Waals surface area contributed by atoms with Crippen molar-refractivity contribution in [1.29, 1.82) is 0 Å². The van der Waals surface area contributed by atoms with Gasteiger partial charge in [0.1, 0.15) is 11.2 Å². The highest BCUT2D eigenvalue weighted by Crippen LogP contribution is 2.65. The van der Waals surface area contributed by atoms with Crippen molar-refractivity contribution in [3.63, 3.8) is 0 Å². The van der Waals surface area contributed by atoms with Crippen LogP contribution < -0.4 is 4.90 Å². The molecule has 0 amide bonds. The maximum Gasteiger partial charge on any atom is 0.137 e. The van der Waals surface area contributed by atoms with Crippen LogP contribution in [0.1, 0.15) is 47.2 Å². The van der Waals surface area contributed by atoms with Crippen molar-refractivity contribution in [3.05, 3.63) is 221 Å². The van der Waals surface area contributed by atoms with Gasteiger partial charge < -0.3 is 9.32 Å². The molecule has 0 radical (unpaired) electrons. The maximum atomic E-state index is 6.53. The van der Waals surface area contributed by atoms with Gasteiger partial charge in [0.15, 0.2) is 0 Å². The Bertz CT molecular complexity index is 2850. The lowest BCUT2D eigenvalue weighted by atomic mass is 9.47. The largest absolute Gasteiger partial charge is 0.456 e. The molecule has 54 heavy (non-hydrogen) atoms. The van der Waals surface area contributed by atoms with Gasteiger partial charge in [-0.2, -0.15) is 0 Å². The molecule has 256 valence electrons. The van der Waals surface area contributed by atoms with Crippen LogP contribution in [0.3, 0.4) is 0 Å². The summed E-state index contributed by atoms with van der Waals surface area (Å²) in [5, 5.41) is 2.25. The number of furan rings is 1. The van der Waals surface area contributed by atoms with Crippen LogP contribution in [-0.4, -0.2) is 0 Å². The molecule has 0 unspecified atom stereocenters. The molecular formula is C52H37NO. The standard InChI is InChI=1S/C52H37NO/c1-51-42-20-10-12-22-44(42)52(2,45-23-13-11-21-43(45)51)50-46(32-31-39(49(50)51)36-17-7-4-8-18-36)53(37-27-25-35(26-28-37)34-15-5-3-6-16-34)38-29-30-41-40-19-9-14-24-47(40)54-48(41)33-38/h3-33H,1-2H3. The fraction of sp³-hybridized carbons (Fsp3) is 0.0769. The van der Waals surface area contributed by atoms with Crippen LogP contribution in [0.15, 0.2) is 192 Å². The Morgan fingerprint density at radius 1 is 0.389 bits per heavy atom. The summed E-state index contributed by atoms with van der Waals surface area (Å²) in [7, 11) is 0. The molecule has 9 aromatic rings. The van der Waals surface area contributed by atoms with E-state index in [4.69, 9.17) is 4.42 Å². The third kappa shape index (κ3) is 4.17. The van der Waals surface area contributed by atoms with E-state index in [1.807, 2.05) is 6.07 Å². The number of hydrogen-bond donors (Lipinski definition) is 0. The molecule has 0 saturated heterocycles. The molecular weight excluding hydrogens is 655 g/mol. The Kier molecular flexibility index (Phi) is 6.55. The van der Waals surface area contributed by atoms with Gasteiger partial charge in [0.25, 0.3) is 0 Å². The van der Waals surface area contributed by atoms with Gasteiger partial charge in [-0.3, -0.25) is 0 Å². The lowest BCUT2D eigenvalue weighted by molar-refractivity contribution is 0.513. The van der Waals surface area contributed by atoms with Gasteiger partial charge in [-0.05, 0) is 106 Å². The third-order valence-electron chi connectivity index (χ3n) is 12.4. The Morgan fingerprint density at radius 3 is 1.54 bits per heavy atom. The zero-order valence-electron chi connectivity index (χ0n) is 30.3. The summed E-state index contributed by atoms with van der Waals surface area (Å²) in [5.41, 5.74) is 17.4. The summed E-state index contributed by atoms with van der Waals surface area (Å²) >= 11 is 0. The van der Waals surface area contributed by atoms with Gasteiger partial charge in [0, 0.05) is 39.0 Å². The minimum Gasteiger partial charge on any atom is -0.456 e. The maximum absolute atomic E-state index is 6.53. The highest BCUT2D eigenvalue weighted by molar-refractivity contribution is 6.06. The first-order valence-corrected chi connectivity index (χ1v) is 18.9. The molecule has 1 aromatic heterocycles. The Morgan fingerprint density at radius 2 is 0.889 bits per heavy atom. The smallest absolute Gasteiger partial charge is 0.137 e. The van der Waals surface area contributed by atoms with Gasteiger partial charge in [-0.25, -0.2) is 0 Å². The van der Waals surface area contributed by atoms with Crippen LogP contribution >= 0.6 is 0 Å². The van der Waals surface area contributed by atoms with Crippen molar-refractivity contribution < 1.29 is 4.42 Å². The third-order valence-corrected chi connectivity index (χ3v) is 12.4. The second-order valence-corrected chi connectivity index (χ2v) is 15.1. The number of fused-ring (bicyclic) bond motifs is 3. The van der Waals surface area contributed by atoms with E-state index >= 15 is 0 Å². The van der Waals surface area contributed by atoms with Gasteiger partial charge >= 0.3 is 0 Å². The van der Waals surface area contributed by atoms with Crippen LogP contribution in [0, 0.1) is 0 Å². The van der Waals surface area contributed by atoms with E-state index in [0.717, 1.165) is 33.3 Å². The van der Waals surface area contributed by atoms with Crippen molar-refractivity contribution in [2.24, 2.45) is 0 Å². The molecule has 0 saturated carbocycles. The Balaban J connectivity index is 1.24. The van der Waals surface area contributed by atoms with Crippen LogP contribution in [0.5, 0.6) is 0 Å². The number of rotatable bonds is 5. The minimum atomic E-state index is -0.425. The zero-order valence-corrected chi connectivity index (χ0v) is 30.3. The number of hydrogen-bond acceptors (Lipinski definition) is 2. The summed E-state index contributed by atoms with van der Waals surface area (Å²) in [5.74, 6) is 0. The SMILES string of the molecule is CC12c3ccccc3C(C)(c3ccccc31)c1c(N(c3ccc(-c4ccccc4)cc3)c3ccc4c(c3)oc3ccccc34)ccc(-c3ccccc3)c12. The number of para-hydroxylation sites is 1. The van der Waals surface area contributed by atoms with Crippen LogP contribution in [-0.2, 0) is 10.8 Å². The summed E-state index contributed by atoms with van der Waals surface area (Å²) in [4.78, 5) is 2.47. The van der Waals surface area contributed by atoms with Crippen LogP contribution in [0.2, 0.25) is 0 Å². The summed E-state index contributed by atoms with van der Waals surface area (Å²) < 4.78 is 6.53. The van der Waals surface area contributed by atoms with Crippen LogP contribution in [0.25, 0.3) is 44.2 Å². The first kappa shape index (κ1) is 30.9. The van der Waals surface area contributed by atoms with Gasteiger partial charge in [-0.15, -0.1) is 0 Å². The van der Waals surface area contributed by atoms with E-state index in [1.54, 1.807) is 0 Å². The Labute approximate surface area is 315 Å².